The number of aliphatic hydroxyl groups excluding tert-OH is 1. The fraction of sp³-hybridized carbons (Fsp3) is 0.962. The molecule has 0 aromatic rings. The van der Waals surface area contributed by atoms with E-state index in [1.807, 2.05) is 0 Å². The van der Waals surface area contributed by atoms with E-state index in [2.05, 4.69) is 19.2 Å². The Bertz CT molecular complexity index is 349. The number of rotatable bonds is 24. The van der Waals surface area contributed by atoms with Crippen LogP contribution >= 0.6 is 0 Å². The van der Waals surface area contributed by atoms with Gasteiger partial charge >= 0.3 is 5.97 Å². The number of carbonyl (C=O) groups is 1. The Hall–Kier alpha value is -0.610. The largest absolute Gasteiger partial charge is 0.466 e. The Balaban J connectivity index is 3.52. The first-order chi connectivity index (χ1) is 14.7. The molecule has 4 nitrogen and oxygen atoms in total. The van der Waals surface area contributed by atoms with Gasteiger partial charge < -0.3 is 15.2 Å². The molecular formula is C26H53NO3. The predicted molar refractivity (Wildman–Crippen MR) is 129 cm³/mol. The Labute approximate surface area is 187 Å². The fourth-order valence-electron chi connectivity index (χ4n) is 3.95. The molecule has 30 heavy (non-hydrogen) atoms. The van der Waals surface area contributed by atoms with Gasteiger partial charge in [0.2, 0.25) is 0 Å². The third kappa shape index (κ3) is 22.1. The van der Waals surface area contributed by atoms with E-state index in [1.165, 1.54) is 70.6 Å². The Kier molecular flexibility index (Phi) is 24.2. The van der Waals surface area contributed by atoms with Gasteiger partial charge in [-0.15, -0.1) is 0 Å². The maximum Gasteiger partial charge on any atom is 0.305 e. The molecule has 0 aromatic carbocycles. The zero-order valence-corrected chi connectivity index (χ0v) is 20.4. The van der Waals surface area contributed by atoms with Crippen LogP contribution in [0.15, 0.2) is 0 Å². The van der Waals surface area contributed by atoms with Crippen molar-refractivity contribution in [3.8, 4) is 0 Å². The van der Waals surface area contributed by atoms with Gasteiger partial charge in [-0.1, -0.05) is 78.1 Å². The summed E-state index contributed by atoms with van der Waals surface area (Å²) >= 11 is 0. The molecule has 0 amide bonds. The molecule has 4 heteroatoms. The minimum atomic E-state index is -0.00920. The normalized spacial score (nSPS) is 12.2. The van der Waals surface area contributed by atoms with Crippen molar-refractivity contribution in [2.45, 2.75) is 129 Å². The van der Waals surface area contributed by atoms with Gasteiger partial charge in [0.25, 0.3) is 0 Å². The molecule has 0 spiro atoms. The van der Waals surface area contributed by atoms with Crippen LogP contribution in [0.5, 0.6) is 0 Å². The third-order valence-electron chi connectivity index (χ3n) is 5.95. The van der Waals surface area contributed by atoms with Crippen molar-refractivity contribution < 1.29 is 14.6 Å². The summed E-state index contributed by atoms with van der Waals surface area (Å²) in [7, 11) is 0. The van der Waals surface area contributed by atoms with Crippen LogP contribution in [0, 0.1) is 5.92 Å². The molecule has 0 saturated heterocycles. The van der Waals surface area contributed by atoms with Gasteiger partial charge in [-0.05, 0) is 64.0 Å². The lowest BCUT2D eigenvalue weighted by Crippen LogP contribution is -2.16. The summed E-state index contributed by atoms with van der Waals surface area (Å²) in [5.41, 5.74) is 0. The third-order valence-corrected chi connectivity index (χ3v) is 5.95. The molecule has 1 unspecified atom stereocenters. The summed E-state index contributed by atoms with van der Waals surface area (Å²) in [4.78, 5) is 11.9. The molecule has 0 rings (SSSR count). The highest BCUT2D eigenvalue weighted by atomic mass is 16.5. The summed E-state index contributed by atoms with van der Waals surface area (Å²) in [5, 5.41) is 12.2. The number of hydrogen-bond donors (Lipinski definition) is 2. The molecule has 180 valence electrons. The maximum atomic E-state index is 11.9. The van der Waals surface area contributed by atoms with E-state index in [0.717, 1.165) is 57.5 Å². The Morgan fingerprint density at radius 2 is 1.33 bits per heavy atom. The second-order valence-corrected chi connectivity index (χ2v) is 8.92. The standard InChI is InChI=1S/C26H53NO3/c1-3-5-7-11-18-25(17-6-4-2)19-16-24-30-26(29)20-12-8-9-13-21-27-22-14-10-15-23-28/h25,27-28H,3-24H2,1-2H3. The van der Waals surface area contributed by atoms with Gasteiger partial charge in [0.15, 0.2) is 0 Å². The smallest absolute Gasteiger partial charge is 0.305 e. The summed E-state index contributed by atoms with van der Waals surface area (Å²) < 4.78 is 5.46. The van der Waals surface area contributed by atoms with E-state index < -0.39 is 0 Å². The molecule has 0 aromatic heterocycles. The summed E-state index contributed by atoms with van der Waals surface area (Å²) in [6.07, 6.45) is 21.1. The van der Waals surface area contributed by atoms with Crippen LogP contribution in [0.1, 0.15) is 129 Å². The molecule has 1 atom stereocenters. The maximum absolute atomic E-state index is 11.9. The molecule has 0 radical (unpaired) electrons. The van der Waals surface area contributed by atoms with Crippen LogP contribution < -0.4 is 5.32 Å². The minimum Gasteiger partial charge on any atom is -0.466 e. The molecule has 0 saturated carbocycles. The van der Waals surface area contributed by atoms with E-state index in [-0.39, 0.29) is 5.97 Å². The van der Waals surface area contributed by atoms with Crippen molar-refractivity contribution in [1.82, 2.24) is 5.32 Å². The number of ether oxygens (including phenoxy) is 1. The van der Waals surface area contributed by atoms with Crippen LogP contribution in [-0.2, 0) is 9.53 Å². The van der Waals surface area contributed by atoms with Gasteiger partial charge in [-0.25, -0.2) is 0 Å². The quantitative estimate of drug-likeness (QED) is 0.131. The van der Waals surface area contributed by atoms with Crippen LogP contribution in [0.4, 0.5) is 0 Å². The average Bonchev–Trinajstić information content (AvgIpc) is 2.75. The first-order valence-electron chi connectivity index (χ1n) is 13.2. The summed E-state index contributed by atoms with van der Waals surface area (Å²) in [6.45, 7) is 7.56. The van der Waals surface area contributed by atoms with Crippen molar-refractivity contribution in [3.05, 3.63) is 0 Å². The van der Waals surface area contributed by atoms with Crippen molar-refractivity contribution >= 4 is 5.97 Å². The second-order valence-electron chi connectivity index (χ2n) is 8.92. The number of aliphatic hydroxyl groups is 1. The molecule has 0 aliphatic carbocycles. The lowest BCUT2D eigenvalue weighted by molar-refractivity contribution is -0.144. The molecule has 2 N–H and O–H groups in total. The fourth-order valence-corrected chi connectivity index (χ4v) is 3.95. The van der Waals surface area contributed by atoms with E-state index in [1.54, 1.807) is 0 Å². The average molecular weight is 428 g/mol. The van der Waals surface area contributed by atoms with Crippen molar-refractivity contribution in [2.24, 2.45) is 5.92 Å². The zero-order chi connectivity index (χ0) is 22.1. The molecule has 0 heterocycles. The highest BCUT2D eigenvalue weighted by Gasteiger charge is 2.09. The van der Waals surface area contributed by atoms with Gasteiger partial charge in [0.1, 0.15) is 0 Å². The van der Waals surface area contributed by atoms with Crippen molar-refractivity contribution in [2.75, 3.05) is 26.3 Å². The number of nitrogens with one attached hydrogen (secondary N) is 1. The first-order valence-corrected chi connectivity index (χ1v) is 13.2. The van der Waals surface area contributed by atoms with E-state index in [4.69, 9.17) is 9.84 Å². The highest BCUT2D eigenvalue weighted by molar-refractivity contribution is 5.69. The zero-order valence-electron chi connectivity index (χ0n) is 20.4. The molecule has 0 aliphatic rings. The molecule has 0 bridgehead atoms. The van der Waals surface area contributed by atoms with Crippen LogP contribution in [0.25, 0.3) is 0 Å². The summed E-state index contributed by atoms with van der Waals surface area (Å²) in [5.74, 6) is 0.814. The summed E-state index contributed by atoms with van der Waals surface area (Å²) in [6, 6.07) is 0. The number of carbonyl (C=O) groups excluding carboxylic acids is 1. The van der Waals surface area contributed by atoms with Crippen molar-refractivity contribution in [3.63, 3.8) is 0 Å². The highest BCUT2D eigenvalue weighted by Crippen LogP contribution is 2.22. The minimum absolute atomic E-state index is 0.00920. The van der Waals surface area contributed by atoms with Gasteiger partial charge in [0.05, 0.1) is 6.61 Å². The van der Waals surface area contributed by atoms with Gasteiger partial charge in [0, 0.05) is 13.0 Å². The lowest BCUT2D eigenvalue weighted by Gasteiger charge is -2.16. The molecule has 0 fully saturated rings. The second kappa shape index (κ2) is 24.7. The number of esters is 1. The number of unbranched alkanes of at least 4 members (excludes halogenated alkanes) is 9. The SMILES string of the molecule is CCCCCCC(CCCC)CCCOC(=O)CCCCCCNCCCCCO. The van der Waals surface area contributed by atoms with E-state index in [9.17, 15) is 4.79 Å². The first kappa shape index (κ1) is 29.4. The van der Waals surface area contributed by atoms with Gasteiger partial charge in [-0.3, -0.25) is 4.79 Å². The molecular weight excluding hydrogens is 374 g/mol. The van der Waals surface area contributed by atoms with E-state index >= 15 is 0 Å². The van der Waals surface area contributed by atoms with Crippen molar-refractivity contribution in [1.29, 1.82) is 0 Å². The Morgan fingerprint density at radius 3 is 2.03 bits per heavy atom. The lowest BCUT2D eigenvalue weighted by atomic mass is 9.91. The predicted octanol–water partition coefficient (Wildman–Crippen LogP) is 6.79. The van der Waals surface area contributed by atoms with Gasteiger partial charge in [-0.2, -0.15) is 0 Å². The topological polar surface area (TPSA) is 58.6 Å². The molecule has 0 aliphatic heterocycles. The monoisotopic (exact) mass is 427 g/mol. The van der Waals surface area contributed by atoms with Crippen LogP contribution in [0.3, 0.4) is 0 Å². The Morgan fingerprint density at radius 1 is 0.733 bits per heavy atom. The van der Waals surface area contributed by atoms with E-state index in [0.29, 0.717) is 19.6 Å². The number of hydrogen-bond acceptors (Lipinski definition) is 4. The van der Waals surface area contributed by atoms with Crippen LogP contribution in [0.2, 0.25) is 0 Å². The van der Waals surface area contributed by atoms with Crippen LogP contribution in [-0.4, -0.2) is 37.4 Å².